The molecule has 78 valence electrons. The van der Waals surface area contributed by atoms with Crippen LogP contribution >= 0.6 is 11.6 Å². The quantitative estimate of drug-likeness (QED) is 0.471. The topological polar surface area (TPSA) is 77.2 Å². The second-order valence-electron chi connectivity index (χ2n) is 2.89. The molecule has 4 nitrogen and oxygen atoms in total. The zero-order valence-corrected chi connectivity index (χ0v) is 8.45. The second kappa shape index (κ2) is 4.70. The second-order valence-corrected chi connectivity index (χ2v) is 3.33. The zero-order chi connectivity index (χ0) is 11.4. The lowest BCUT2D eigenvalue weighted by Crippen LogP contribution is -2.25. The average molecular weight is 226 g/mol. The van der Waals surface area contributed by atoms with Crippen molar-refractivity contribution in [1.82, 2.24) is 0 Å². The van der Waals surface area contributed by atoms with Crippen molar-refractivity contribution < 1.29 is 14.4 Å². The van der Waals surface area contributed by atoms with Crippen LogP contribution < -0.4 is 5.73 Å². The number of primary amides is 1. The van der Waals surface area contributed by atoms with Gasteiger partial charge in [0.2, 0.25) is 5.78 Å². The molecule has 5 heteroatoms. The first-order chi connectivity index (χ1) is 7.00. The van der Waals surface area contributed by atoms with E-state index in [9.17, 15) is 14.4 Å². The van der Waals surface area contributed by atoms with E-state index in [1.54, 1.807) is 0 Å². The molecule has 1 aromatic carbocycles. The first-order valence-electron chi connectivity index (χ1n) is 4.12. The number of hydrogen-bond donors (Lipinski definition) is 1. The minimum atomic E-state index is -1.10. The molecule has 1 aromatic rings. The summed E-state index contributed by atoms with van der Waals surface area (Å²) < 4.78 is 0. The predicted molar refractivity (Wildman–Crippen MR) is 54.6 cm³/mol. The van der Waals surface area contributed by atoms with E-state index in [1.165, 1.54) is 24.3 Å². The van der Waals surface area contributed by atoms with Gasteiger partial charge in [0.15, 0.2) is 5.78 Å². The number of carbonyl (C=O) groups excluding carboxylic acids is 3. The molecular weight excluding hydrogens is 218 g/mol. The maximum Gasteiger partial charge on any atom is 0.285 e. The van der Waals surface area contributed by atoms with Gasteiger partial charge in [-0.1, -0.05) is 11.6 Å². The van der Waals surface area contributed by atoms with Crippen LogP contribution in [0.4, 0.5) is 0 Å². The molecule has 0 aliphatic heterocycles. The number of benzene rings is 1. The summed E-state index contributed by atoms with van der Waals surface area (Å²) in [7, 11) is 0. The van der Waals surface area contributed by atoms with Crippen LogP contribution in [0.1, 0.15) is 16.8 Å². The minimum absolute atomic E-state index is 0.328. The number of carbonyl (C=O) groups is 3. The summed E-state index contributed by atoms with van der Waals surface area (Å²) in [6, 6.07) is 6.03. The Balaban J connectivity index is 2.74. The van der Waals surface area contributed by atoms with Crippen molar-refractivity contribution >= 4 is 29.1 Å². The highest BCUT2D eigenvalue weighted by atomic mass is 35.5. The van der Waals surface area contributed by atoms with Crippen molar-refractivity contribution in [3.63, 3.8) is 0 Å². The number of hydrogen-bond acceptors (Lipinski definition) is 3. The van der Waals surface area contributed by atoms with Crippen LogP contribution in [0.3, 0.4) is 0 Å². The SMILES string of the molecule is NC(=O)C(=O)CC(=O)c1ccc(Cl)cc1. The van der Waals surface area contributed by atoms with Gasteiger partial charge in [0, 0.05) is 10.6 Å². The summed E-state index contributed by atoms with van der Waals surface area (Å²) in [6.45, 7) is 0. The van der Waals surface area contributed by atoms with Gasteiger partial charge in [-0.15, -0.1) is 0 Å². The zero-order valence-electron chi connectivity index (χ0n) is 7.70. The van der Waals surface area contributed by atoms with Crippen molar-refractivity contribution in [3.05, 3.63) is 34.9 Å². The summed E-state index contributed by atoms with van der Waals surface area (Å²) >= 11 is 5.62. The van der Waals surface area contributed by atoms with Crippen LogP contribution in [0.5, 0.6) is 0 Å². The van der Waals surface area contributed by atoms with Gasteiger partial charge in [0.1, 0.15) is 0 Å². The van der Waals surface area contributed by atoms with E-state index in [2.05, 4.69) is 0 Å². The Morgan fingerprint density at radius 1 is 1.13 bits per heavy atom. The molecule has 0 aliphatic carbocycles. The molecule has 2 N–H and O–H groups in total. The van der Waals surface area contributed by atoms with Gasteiger partial charge in [0.05, 0.1) is 6.42 Å². The molecule has 0 heterocycles. The molecule has 0 spiro atoms. The first kappa shape index (κ1) is 11.4. The Morgan fingerprint density at radius 3 is 2.13 bits per heavy atom. The molecule has 1 rings (SSSR count). The smallest absolute Gasteiger partial charge is 0.285 e. The Labute approximate surface area is 91.0 Å². The van der Waals surface area contributed by atoms with Crippen molar-refractivity contribution in [3.8, 4) is 0 Å². The lowest BCUT2D eigenvalue weighted by molar-refractivity contribution is -0.135. The van der Waals surface area contributed by atoms with Gasteiger partial charge >= 0.3 is 0 Å². The third-order valence-corrected chi connectivity index (χ3v) is 2.01. The molecule has 0 unspecified atom stereocenters. The van der Waals surface area contributed by atoms with E-state index in [0.717, 1.165) is 0 Å². The van der Waals surface area contributed by atoms with E-state index >= 15 is 0 Å². The summed E-state index contributed by atoms with van der Waals surface area (Å²) in [5.41, 5.74) is 5.05. The van der Waals surface area contributed by atoms with Crippen molar-refractivity contribution in [2.45, 2.75) is 6.42 Å². The van der Waals surface area contributed by atoms with Gasteiger partial charge in [0.25, 0.3) is 5.91 Å². The van der Waals surface area contributed by atoms with E-state index in [0.29, 0.717) is 10.6 Å². The van der Waals surface area contributed by atoms with E-state index < -0.39 is 23.9 Å². The van der Waals surface area contributed by atoms with Crippen LogP contribution in [-0.4, -0.2) is 17.5 Å². The first-order valence-corrected chi connectivity index (χ1v) is 4.50. The van der Waals surface area contributed by atoms with Gasteiger partial charge in [-0.2, -0.15) is 0 Å². The number of Topliss-reactive ketones (excluding diaryl/α,β-unsaturated/α-hetero) is 2. The standard InChI is InChI=1S/C10H8ClNO3/c11-7-3-1-6(2-4-7)8(13)5-9(14)10(12)15/h1-4H,5H2,(H2,12,15). The fourth-order valence-corrected chi connectivity index (χ4v) is 1.10. The molecule has 0 aromatic heterocycles. The Bertz CT molecular complexity index is 411. The van der Waals surface area contributed by atoms with E-state index in [4.69, 9.17) is 17.3 Å². The van der Waals surface area contributed by atoms with Crippen molar-refractivity contribution in [2.24, 2.45) is 5.73 Å². The van der Waals surface area contributed by atoms with Crippen LogP contribution in [0.15, 0.2) is 24.3 Å². The third-order valence-electron chi connectivity index (χ3n) is 1.76. The predicted octanol–water partition coefficient (Wildman–Crippen LogP) is 0.967. The molecular formula is C10H8ClNO3. The Kier molecular flexibility index (Phi) is 3.57. The van der Waals surface area contributed by atoms with Crippen LogP contribution in [0, 0.1) is 0 Å². The van der Waals surface area contributed by atoms with Gasteiger partial charge in [-0.05, 0) is 24.3 Å². The third kappa shape index (κ3) is 3.18. The molecule has 0 bridgehead atoms. The molecule has 0 aliphatic rings. The van der Waals surface area contributed by atoms with Gasteiger partial charge in [-0.25, -0.2) is 0 Å². The van der Waals surface area contributed by atoms with E-state index in [1.807, 2.05) is 0 Å². The maximum atomic E-state index is 11.4. The largest absolute Gasteiger partial charge is 0.363 e. The normalized spacial score (nSPS) is 9.67. The maximum absolute atomic E-state index is 11.4. The highest BCUT2D eigenvalue weighted by molar-refractivity contribution is 6.39. The fraction of sp³-hybridized carbons (Fsp3) is 0.100. The van der Waals surface area contributed by atoms with Crippen molar-refractivity contribution in [1.29, 1.82) is 0 Å². The number of rotatable bonds is 4. The van der Waals surface area contributed by atoms with Crippen LogP contribution in [0.25, 0.3) is 0 Å². The summed E-state index contributed by atoms with van der Waals surface area (Å²) in [4.78, 5) is 32.7. The lowest BCUT2D eigenvalue weighted by atomic mass is 10.1. The number of halogens is 1. The molecule has 0 radical (unpaired) electrons. The van der Waals surface area contributed by atoms with Crippen molar-refractivity contribution in [2.75, 3.05) is 0 Å². The number of nitrogens with two attached hydrogens (primary N) is 1. The van der Waals surface area contributed by atoms with Gasteiger partial charge in [-0.3, -0.25) is 14.4 Å². The van der Waals surface area contributed by atoms with E-state index in [-0.39, 0.29) is 0 Å². The number of amides is 1. The fourth-order valence-electron chi connectivity index (χ4n) is 0.971. The monoisotopic (exact) mass is 225 g/mol. The minimum Gasteiger partial charge on any atom is -0.363 e. The lowest BCUT2D eigenvalue weighted by Gasteiger charge is -1.98. The van der Waals surface area contributed by atoms with Crippen LogP contribution in [0.2, 0.25) is 5.02 Å². The Morgan fingerprint density at radius 2 is 1.67 bits per heavy atom. The highest BCUT2D eigenvalue weighted by Crippen LogP contribution is 2.11. The summed E-state index contributed by atoms with van der Waals surface area (Å²) in [5.74, 6) is -2.44. The van der Waals surface area contributed by atoms with Gasteiger partial charge < -0.3 is 5.73 Å². The average Bonchev–Trinajstić information content (AvgIpc) is 2.18. The molecule has 0 saturated carbocycles. The molecule has 0 atom stereocenters. The molecule has 0 saturated heterocycles. The number of ketones is 2. The Hall–Kier alpha value is -1.68. The summed E-state index contributed by atoms with van der Waals surface area (Å²) in [5, 5.41) is 0.493. The summed E-state index contributed by atoms with van der Waals surface area (Å²) in [6.07, 6.45) is -0.503. The highest BCUT2D eigenvalue weighted by Gasteiger charge is 2.15. The van der Waals surface area contributed by atoms with Crippen LogP contribution in [-0.2, 0) is 9.59 Å². The molecule has 15 heavy (non-hydrogen) atoms. The molecule has 1 amide bonds. The molecule has 0 fully saturated rings.